The number of aliphatic hydroxyl groups excluding tert-OH is 1. The SMILES string of the molecule is CN(c1ccc(F)cc1C=O)C(C)(C)CO. The molecule has 0 atom stereocenters. The summed E-state index contributed by atoms with van der Waals surface area (Å²) in [6.07, 6.45) is 0.613. The van der Waals surface area contributed by atoms with Gasteiger partial charge in [-0.1, -0.05) is 0 Å². The molecular formula is C12H16FNO2. The topological polar surface area (TPSA) is 40.5 Å². The largest absolute Gasteiger partial charge is 0.394 e. The van der Waals surface area contributed by atoms with Crippen LogP contribution in [0.4, 0.5) is 10.1 Å². The van der Waals surface area contributed by atoms with Crippen molar-refractivity contribution in [2.75, 3.05) is 18.6 Å². The molecule has 0 radical (unpaired) electrons. The Morgan fingerprint density at radius 3 is 2.62 bits per heavy atom. The minimum atomic E-state index is -0.504. The number of nitrogens with zero attached hydrogens (tertiary/aromatic N) is 1. The fourth-order valence-electron chi connectivity index (χ4n) is 1.36. The molecule has 0 bridgehead atoms. The van der Waals surface area contributed by atoms with E-state index >= 15 is 0 Å². The molecule has 0 saturated carbocycles. The highest BCUT2D eigenvalue weighted by Gasteiger charge is 2.24. The third-order valence-corrected chi connectivity index (χ3v) is 2.77. The standard InChI is InChI=1S/C12H16FNO2/c1-12(2,8-16)14(3)11-5-4-10(13)6-9(11)7-15/h4-7,16H,8H2,1-3H3. The Kier molecular flexibility index (Phi) is 3.65. The van der Waals surface area contributed by atoms with Crippen LogP contribution in [-0.4, -0.2) is 30.6 Å². The number of halogens is 1. The van der Waals surface area contributed by atoms with Crippen molar-refractivity contribution in [3.63, 3.8) is 0 Å². The van der Waals surface area contributed by atoms with E-state index in [0.717, 1.165) is 0 Å². The van der Waals surface area contributed by atoms with Crippen LogP contribution in [0.5, 0.6) is 0 Å². The summed E-state index contributed by atoms with van der Waals surface area (Å²) in [5, 5.41) is 9.24. The lowest BCUT2D eigenvalue weighted by Gasteiger charge is -2.36. The second kappa shape index (κ2) is 4.61. The number of hydrogen-bond acceptors (Lipinski definition) is 3. The summed E-state index contributed by atoms with van der Waals surface area (Å²) in [5.41, 5.74) is 0.384. The lowest BCUT2D eigenvalue weighted by atomic mass is 10.0. The third-order valence-electron chi connectivity index (χ3n) is 2.77. The molecule has 88 valence electrons. The summed E-state index contributed by atoms with van der Waals surface area (Å²) in [6, 6.07) is 4.02. The number of benzene rings is 1. The molecule has 0 aliphatic heterocycles. The highest BCUT2D eigenvalue weighted by atomic mass is 19.1. The lowest BCUT2D eigenvalue weighted by Crippen LogP contribution is -2.44. The number of hydrogen-bond donors (Lipinski definition) is 1. The Balaban J connectivity index is 3.18. The van der Waals surface area contributed by atoms with Gasteiger partial charge in [0.1, 0.15) is 5.82 Å². The summed E-state index contributed by atoms with van der Waals surface area (Å²) in [4.78, 5) is 12.6. The molecule has 1 aromatic carbocycles. The number of carbonyl (C=O) groups excluding carboxylic acids is 1. The molecule has 0 aromatic heterocycles. The van der Waals surface area contributed by atoms with Gasteiger partial charge in [0.15, 0.2) is 6.29 Å². The average Bonchev–Trinajstić information content (AvgIpc) is 2.27. The maximum atomic E-state index is 12.9. The molecule has 0 heterocycles. The number of aldehydes is 1. The van der Waals surface area contributed by atoms with E-state index in [9.17, 15) is 14.3 Å². The van der Waals surface area contributed by atoms with Crippen LogP contribution in [0.3, 0.4) is 0 Å². The van der Waals surface area contributed by atoms with Crippen LogP contribution in [0, 0.1) is 5.82 Å². The molecule has 0 unspecified atom stereocenters. The molecule has 0 saturated heterocycles. The first kappa shape index (κ1) is 12.6. The minimum absolute atomic E-state index is 0.0564. The predicted molar refractivity (Wildman–Crippen MR) is 61.4 cm³/mol. The van der Waals surface area contributed by atoms with Gasteiger partial charge < -0.3 is 10.0 Å². The van der Waals surface area contributed by atoms with Gasteiger partial charge in [-0.05, 0) is 32.0 Å². The number of likely N-dealkylation sites (N-methyl/N-ethyl adjacent to an activating group) is 1. The van der Waals surface area contributed by atoms with Gasteiger partial charge >= 0.3 is 0 Å². The first-order valence-electron chi connectivity index (χ1n) is 5.02. The first-order valence-corrected chi connectivity index (χ1v) is 5.02. The van der Waals surface area contributed by atoms with Crippen LogP contribution in [0.1, 0.15) is 24.2 Å². The van der Waals surface area contributed by atoms with E-state index in [1.54, 1.807) is 11.9 Å². The molecule has 0 spiro atoms. The maximum Gasteiger partial charge on any atom is 0.152 e. The molecular weight excluding hydrogens is 209 g/mol. The van der Waals surface area contributed by atoms with Gasteiger partial charge in [0.25, 0.3) is 0 Å². The van der Waals surface area contributed by atoms with Crippen molar-refractivity contribution < 1.29 is 14.3 Å². The van der Waals surface area contributed by atoms with E-state index in [1.807, 2.05) is 13.8 Å². The first-order chi connectivity index (χ1) is 7.42. The summed E-state index contributed by atoms with van der Waals surface area (Å²) in [6.45, 7) is 3.62. The molecule has 0 aliphatic rings. The highest BCUT2D eigenvalue weighted by Crippen LogP contribution is 2.25. The molecule has 16 heavy (non-hydrogen) atoms. The van der Waals surface area contributed by atoms with Gasteiger partial charge in [-0.3, -0.25) is 4.79 Å². The molecule has 1 aromatic rings. The molecule has 4 heteroatoms. The maximum absolute atomic E-state index is 12.9. The van der Waals surface area contributed by atoms with Crippen LogP contribution in [0.15, 0.2) is 18.2 Å². The normalized spacial score (nSPS) is 11.3. The quantitative estimate of drug-likeness (QED) is 0.795. The van der Waals surface area contributed by atoms with E-state index in [2.05, 4.69) is 0 Å². The Bertz CT molecular complexity index is 391. The van der Waals surface area contributed by atoms with Crippen LogP contribution in [-0.2, 0) is 0 Å². The highest BCUT2D eigenvalue weighted by molar-refractivity contribution is 5.84. The Hall–Kier alpha value is -1.42. The number of carbonyl (C=O) groups is 1. The van der Waals surface area contributed by atoms with E-state index < -0.39 is 11.4 Å². The van der Waals surface area contributed by atoms with Crippen molar-refractivity contribution in [1.82, 2.24) is 0 Å². The Labute approximate surface area is 94.5 Å². The third kappa shape index (κ3) is 2.39. The van der Waals surface area contributed by atoms with Gasteiger partial charge in [0, 0.05) is 18.3 Å². The smallest absolute Gasteiger partial charge is 0.152 e. The van der Waals surface area contributed by atoms with Crippen LogP contribution >= 0.6 is 0 Å². The van der Waals surface area contributed by atoms with E-state index in [1.165, 1.54) is 18.2 Å². The number of aliphatic hydroxyl groups is 1. The van der Waals surface area contributed by atoms with Crippen molar-refractivity contribution in [3.8, 4) is 0 Å². The van der Waals surface area contributed by atoms with Crippen molar-refractivity contribution >= 4 is 12.0 Å². The Morgan fingerprint density at radius 1 is 1.50 bits per heavy atom. The number of rotatable bonds is 4. The lowest BCUT2D eigenvalue weighted by molar-refractivity contribution is 0.112. The minimum Gasteiger partial charge on any atom is -0.394 e. The van der Waals surface area contributed by atoms with Crippen molar-refractivity contribution in [2.45, 2.75) is 19.4 Å². The Morgan fingerprint density at radius 2 is 2.12 bits per heavy atom. The van der Waals surface area contributed by atoms with Crippen LogP contribution in [0.25, 0.3) is 0 Å². The molecule has 1 rings (SSSR count). The van der Waals surface area contributed by atoms with Crippen molar-refractivity contribution in [3.05, 3.63) is 29.6 Å². The van der Waals surface area contributed by atoms with E-state index in [4.69, 9.17) is 0 Å². The summed E-state index contributed by atoms with van der Waals surface area (Å²) >= 11 is 0. The second-order valence-corrected chi connectivity index (χ2v) is 4.35. The van der Waals surface area contributed by atoms with Gasteiger partial charge in [-0.15, -0.1) is 0 Å². The summed E-state index contributed by atoms with van der Waals surface area (Å²) < 4.78 is 12.9. The van der Waals surface area contributed by atoms with Gasteiger partial charge in [0.05, 0.1) is 12.1 Å². The molecule has 3 nitrogen and oxygen atoms in total. The van der Waals surface area contributed by atoms with E-state index in [-0.39, 0.29) is 12.2 Å². The molecule has 0 amide bonds. The number of anilines is 1. The van der Waals surface area contributed by atoms with E-state index in [0.29, 0.717) is 12.0 Å². The zero-order valence-electron chi connectivity index (χ0n) is 9.70. The zero-order valence-corrected chi connectivity index (χ0v) is 9.70. The van der Waals surface area contributed by atoms with Crippen molar-refractivity contribution in [1.29, 1.82) is 0 Å². The second-order valence-electron chi connectivity index (χ2n) is 4.35. The van der Waals surface area contributed by atoms with Gasteiger partial charge in [0.2, 0.25) is 0 Å². The van der Waals surface area contributed by atoms with Crippen molar-refractivity contribution in [2.24, 2.45) is 0 Å². The monoisotopic (exact) mass is 225 g/mol. The van der Waals surface area contributed by atoms with Crippen LogP contribution in [0.2, 0.25) is 0 Å². The summed E-state index contributed by atoms with van der Waals surface area (Å²) in [5.74, 6) is -0.443. The van der Waals surface area contributed by atoms with Gasteiger partial charge in [-0.2, -0.15) is 0 Å². The fraction of sp³-hybridized carbons (Fsp3) is 0.417. The molecule has 0 aliphatic carbocycles. The molecule has 1 N–H and O–H groups in total. The predicted octanol–water partition coefficient (Wildman–Crippen LogP) is 1.85. The average molecular weight is 225 g/mol. The zero-order chi connectivity index (χ0) is 12.3. The summed E-state index contributed by atoms with van der Waals surface area (Å²) in [7, 11) is 1.76. The van der Waals surface area contributed by atoms with Crippen LogP contribution < -0.4 is 4.90 Å². The van der Waals surface area contributed by atoms with Gasteiger partial charge in [-0.25, -0.2) is 4.39 Å². The molecule has 0 fully saturated rings. The fourth-order valence-corrected chi connectivity index (χ4v) is 1.36.